The fraction of sp³-hybridized carbons (Fsp3) is 0.0769. The minimum atomic E-state index is -0.735. The van der Waals surface area contributed by atoms with Crippen molar-refractivity contribution in [3.63, 3.8) is 0 Å². The molecule has 102 valence electrons. The highest BCUT2D eigenvalue weighted by Gasteiger charge is 2.25. The van der Waals surface area contributed by atoms with Gasteiger partial charge in [0.1, 0.15) is 5.76 Å². The van der Waals surface area contributed by atoms with Gasteiger partial charge in [-0.1, -0.05) is 30.3 Å². The number of aryl methyl sites for hydroxylation is 1. The molecule has 0 unspecified atom stereocenters. The Bertz CT molecular complexity index is 689. The standard InChI is InChI=1S/C13H11N3O4/c1-15-8-14-13(16(19)20)12(15)11(18)7-10(17)9-5-3-2-4-6-9/h2-8,17H,1H3/b10-7-. The molecule has 0 aliphatic carbocycles. The average molecular weight is 273 g/mol. The quantitative estimate of drug-likeness (QED) is 0.302. The molecule has 7 nitrogen and oxygen atoms in total. The van der Waals surface area contributed by atoms with Crippen molar-refractivity contribution >= 4 is 17.4 Å². The highest BCUT2D eigenvalue weighted by atomic mass is 16.6. The number of carbonyl (C=O) groups excluding carboxylic acids is 1. The molecule has 0 saturated carbocycles. The molecule has 0 saturated heterocycles. The molecule has 20 heavy (non-hydrogen) atoms. The SMILES string of the molecule is Cn1cnc([N+](=O)[O-])c1C(=O)/C=C(\O)c1ccccc1. The fourth-order valence-corrected chi connectivity index (χ4v) is 1.72. The third-order valence-corrected chi connectivity index (χ3v) is 2.66. The lowest BCUT2D eigenvalue weighted by Gasteiger charge is -2.00. The first-order valence-corrected chi connectivity index (χ1v) is 5.67. The van der Waals surface area contributed by atoms with Gasteiger partial charge in [-0.15, -0.1) is 0 Å². The molecule has 0 aliphatic heterocycles. The molecule has 1 aromatic carbocycles. The lowest BCUT2D eigenvalue weighted by molar-refractivity contribution is -0.389. The summed E-state index contributed by atoms with van der Waals surface area (Å²) >= 11 is 0. The molecule has 1 aromatic heterocycles. The van der Waals surface area contributed by atoms with E-state index < -0.39 is 16.5 Å². The van der Waals surface area contributed by atoms with Gasteiger partial charge in [0.2, 0.25) is 12.1 Å². The number of carbonyl (C=O) groups is 1. The number of hydrogen-bond acceptors (Lipinski definition) is 5. The maximum Gasteiger partial charge on any atom is 0.393 e. The number of aromatic nitrogens is 2. The summed E-state index contributed by atoms with van der Waals surface area (Å²) in [5.74, 6) is -1.47. The first kappa shape index (κ1) is 13.5. The Kier molecular flexibility index (Phi) is 3.60. The number of imidazole rings is 1. The summed E-state index contributed by atoms with van der Waals surface area (Å²) in [7, 11) is 1.47. The molecule has 0 aliphatic rings. The largest absolute Gasteiger partial charge is 0.507 e. The average Bonchev–Trinajstić information content (AvgIpc) is 2.81. The molecule has 0 atom stereocenters. The van der Waals surface area contributed by atoms with E-state index in [0.717, 1.165) is 6.08 Å². The van der Waals surface area contributed by atoms with Crippen LogP contribution in [0.2, 0.25) is 0 Å². The predicted molar refractivity (Wildman–Crippen MR) is 71.2 cm³/mol. The second kappa shape index (κ2) is 5.35. The van der Waals surface area contributed by atoms with E-state index >= 15 is 0 Å². The lowest BCUT2D eigenvalue weighted by atomic mass is 10.1. The van der Waals surface area contributed by atoms with Crippen molar-refractivity contribution in [2.45, 2.75) is 0 Å². The van der Waals surface area contributed by atoms with E-state index in [1.807, 2.05) is 0 Å². The summed E-state index contributed by atoms with van der Waals surface area (Å²) in [5.41, 5.74) is 0.267. The fourth-order valence-electron chi connectivity index (χ4n) is 1.72. The molecule has 1 N–H and O–H groups in total. The van der Waals surface area contributed by atoms with Gasteiger partial charge in [0.25, 0.3) is 0 Å². The van der Waals surface area contributed by atoms with Crippen LogP contribution in [0.3, 0.4) is 0 Å². The molecule has 2 rings (SSSR count). The molecule has 0 radical (unpaired) electrons. The third-order valence-electron chi connectivity index (χ3n) is 2.66. The molecule has 0 fully saturated rings. The summed E-state index contributed by atoms with van der Waals surface area (Å²) in [6, 6.07) is 8.42. The van der Waals surface area contributed by atoms with E-state index in [0.29, 0.717) is 5.56 Å². The number of hydrogen-bond donors (Lipinski definition) is 1. The molecule has 0 spiro atoms. The number of aliphatic hydroxyl groups is 1. The Morgan fingerprint density at radius 3 is 2.65 bits per heavy atom. The van der Waals surface area contributed by atoms with Crippen LogP contribution in [0.25, 0.3) is 5.76 Å². The van der Waals surface area contributed by atoms with E-state index in [2.05, 4.69) is 4.98 Å². The van der Waals surface area contributed by atoms with Gasteiger partial charge in [-0.05, 0) is 9.91 Å². The number of benzene rings is 1. The van der Waals surface area contributed by atoms with Crippen LogP contribution >= 0.6 is 0 Å². The highest BCUT2D eigenvalue weighted by Crippen LogP contribution is 2.18. The topological polar surface area (TPSA) is 98.3 Å². The van der Waals surface area contributed by atoms with Crippen LogP contribution in [0.5, 0.6) is 0 Å². The van der Waals surface area contributed by atoms with Crippen LogP contribution < -0.4 is 0 Å². The number of allylic oxidation sites excluding steroid dienone is 1. The van der Waals surface area contributed by atoms with Crippen molar-refractivity contribution in [3.8, 4) is 0 Å². The van der Waals surface area contributed by atoms with Crippen molar-refractivity contribution in [3.05, 3.63) is 64.1 Å². The van der Waals surface area contributed by atoms with E-state index in [-0.39, 0.29) is 11.5 Å². The monoisotopic (exact) mass is 273 g/mol. The van der Waals surface area contributed by atoms with Gasteiger partial charge in [0, 0.05) is 18.7 Å². The molecule has 0 bridgehead atoms. The Hall–Kier alpha value is -2.96. The summed E-state index contributed by atoms with van der Waals surface area (Å²) in [4.78, 5) is 25.6. The van der Waals surface area contributed by atoms with Crippen LogP contribution in [0.1, 0.15) is 16.1 Å². The predicted octanol–water partition coefficient (Wildman–Crippen LogP) is 2.11. The van der Waals surface area contributed by atoms with Crippen LogP contribution in [-0.4, -0.2) is 25.4 Å². The van der Waals surface area contributed by atoms with Crippen LogP contribution in [-0.2, 0) is 7.05 Å². The summed E-state index contributed by atoms with van der Waals surface area (Å²) in [5, 5.41) is 20.6. The molecule has 2 aromatic rings. The molecule has 0 amide bonds. The molecule has 1 heterocycles. The number of nitro groups is 1. The zero-order valence-electron chi connectivity index (χ0n) is 10.6. The van der Waals surface area contributed by atoms with Crippen molar-refractivity contribution < 1.29 is 14.8 Å². The Balaban J connectivity index is 2.38. The normalized spacial score (nSPS) is 11.3. The summed E-state index contributed by atoms with van der Waals surface area (Å²) in [6.07, 6.45) is 2.12. The molecule has 7 heteroatoms. The maximum atomic E-state index is 12.0. The van der Waals surface area contributed by atoms with Crippen molar-refractivity contribution in [2.24, 2.45) is 7.05 Å². The van der Waals surface area contributed by atoms with E-state index in [1.54, 1.807) is 30.3 Å². The summed E-state index contributed by atoms with van der Waals surface area (Å²) < 4.78 is 1.25. The van der Waals surface area contributed by atoms with Gasteiger partial charge in [0.15, 0.2) is 5.69 Å². The van der Waals surface area contributed by atoms with Gasteiger partial charge >= 0.3 is 5.82 Å². The van der Waals surface area contributed by atoms with E-state index in [4.69, 9.17) is 0 Å². The number of rotatable bonds is 4. The second-order valence-corrected chi connectivity index (χ2v) is 4.04. The smallest absolute Gasteiger partial charge is 0.393 e. The summed E-state index contributed by atoms with van der Waals surface area (Å²) in [6.45, 7) is 0. The van der Waals surface area contributed by atoms with Gasteiger partial charge in [-0.25, -0.2) is 0 Å². The highest BCUT2D eigenvalue weighted by molar-refractivity contribution is 6.08. The van der Waals surface area contributed by atoms with Gasteiger partial charge in [-0.2, -0.15) is 0 Å². The van der Waals surface area contributed by atoms with Gasteiger partial charge < -0.3 is 19.8 Å². The van der Waals surface area contributed by atoms with Gasteiger partial charge in [0.05, 0.1) is 0 Å². The Morgan fingerprint density at radius 1 is 1.40 bits per heavy atom. The number of ketones is 1. The zero-order valence-corrected chi connectivity index (χ0v) is 10.6. The van der Waals surface area contributed by atoms with Crippen molar-refractivity contribution in [2.75, 3.05) is 0 Å². The Morgan fingerprint density at radius 2 is 2.05 bits per heavy atom. The van der Waals surface area contributed by atoms with E-state index in [9.17, 15) is 20.0 Å². The van der Waals surface area contributed by atoms with Crippen molar-refractivity contribution in [1.82, 2.24) is 9.55 Å². The van der Waals surface area contributed by atoms with Crippen molar-refractivity contribution in [1.29, 1.82) is 0 Å². The van der Waals surface area contributed by atoms with E-state index in [1.165, 1.54) is 17.9 Å². The number of nitrogens with zero attached hydrogens (tertiary/aromatic N) is 3. The second-order valence-electron chi connectivity index (χ2n) is 4.04. The van der Waals surface area contributed by atoms with Crippen LogP contribution in [0.15, 0.2) is 42.7 Å². The molecular weight excluding hydrogens is 262 g/mol. The minimum absolute atomic E-state index is 0.183. The molecular formula is C13H11N3O4. The van der Waals surface area contributed by atoms with Crippen LogP contribution in [0, 0.1) is 10.1 Å². The first-order chi connectivity index (χ1) is 9.50. The lowest BCUT2D eigenvalue weighted by Crippen LogP contribution is -2.06. The first-order valence-electron chi connectivity index (χ1n) is 5.67. The Labute approximate surface area is 114 Å². The van der Waals surface area contributed by atoms with Gasteiger partial charge in [-0.3, -0.25) is 4.79 Å². The number of aliphatic hydroxyl groups excluding tert-OH is 1. The minimum Gasteiger partial charge on any atom is -0.507 e. The third kappa shape index (κ3) is 2.56. The zero-order chi connectivity index (χ0) is 14.7. The van der Waals surface area contributed by atoms with Crippen LogP contribution in [0.4, 0.5) is 5.82 Å². The maximum absolute atomic E-state index is 12.0.